The largest absolute Gasteiger partial charge is 0.454 e. The number of hydrogen-bond acceptors (Lipinski definition) is 4. The summed E-state index contributed by atoms with van der Waals surface area (Å²) in [5.41, 5.74) is 0.681. The van der Waals surface area contributed by atoms with E-state index in [2.05, 4.69) is 6.26 Å². The summed E-state index contributed by atoms with van der Waals surface area (Å²) >= 11 is 1.83. The molecule has 2 aliphatic rings. The molecule has 2 heterocycles. The minimum absolute atomic E-state index is 0.0878. The van der Waals surface area contributed by atoms with Gasteiger partial charge in [0.1, 0.15) is 0 Å². The van der Waals surface area contributed by atoms with Crippen molar-refractivity contribution in [1.29, 1.82) is 0 Å². The summed E-state index contributed by atoms with van der Waals surface area (Å²) in [6.07, 6.45) is 3.18. The van der Waals surface area contributed by atoms with E-state index in [4.69, 9.17) is 9.47 Å². The number of carbonyl (C=O) groups excluding carboxylic acids is 1. The summed E-state index contributed by atoms with van der Waals surface area (Å²) < 4.78 is 10.5. The van der Waals surface area contributed by atoms with E-state index in [0.717, 1.165) is 25.3 Å². The maximum absolute atomic E-state index is 12.3. The lowest BCUT2D eigenvalue weighted by atomic mass is 10.2. The fourth-order valence-electron chi connectivity index (χ4n) is 2.32. The van der Waals surface area contributed by atoms with Crippen molar-refractivity contribution in [3.05, 3.63) is 23.8 Å². The molecule has 18 heavy (non-hydrogen) atoms. The number of hydrogen-bond donors (Lipinski definition) is 0. The molecule has 1 atom stereocenters. The minimum atomic E-state index is 0.0878. The average molecular weight is 265 g/mol. The number of likely N-dealkylation sites (tertiary alicyclic amines) is 1. The molecule has 1 aromatic rings. The highest BCUT2D eigenvalue weighted by Gasteiger charge is 2.27. The van der Waals surface area contributed by atoms with Crippen molar-refractivity contribution in [3.8, 4) is 11.5 Å². The predicted octanol–water partition coefficient (Wildman–Crippen LogP) is 1.99. The highest BCUT2D eigenvalue weighted by atomic mass is 32.2. The third kappa shape index (κ3) is 2.03. The SMILES string of the molecule is CSC1CCN(C(=O)c2ccc3c(c2)OCO3)C1. The summed E-state index contributed by atoms with van der Waals surface area (Å²) in [6.45, 7) is 1.93. The average Bonchev–Trinajstić information content (AvgIpc) is 3.05. The molecule has 0 aliphatic carbocycles. The molecule has 4 nitrogen and oxygen atoms in total. The maximum Gasteiger partial charge on any atom is 0.254 e. The first-order valence-corrected chi connectivity index (χ1v) is 7.28. The molecule has 0 bridgehead atoms. The Morgan fingerprint density at radius 1 is 1.39 bits per heavy atom. The van der Waals surface area contributed by atoms with Crippen LogP contribution in [0.25, 0.3) is 0 Å². The van der Waals surface area contributed by atoms with Crippen molar-refractivity contribution in [3.63, 3.8) is 0 Å². The third-order valence-corrected chi connectivity index (χ3v) is 4.44. The van der Waals surface area contributed by atoms with Crippen molar-refractivity contribution in [2.75, 3.05) is 26.1 Å². The Balaban J connectivity index is 1.77. The van der Waals surface area contributed by atoms with Crippen LogP contribution in [0.15, 0.2) is 18.2 Å². The van der Waals surface area contributed by atoms with E-state index >= 15 is 0 Å². The molecular weight excluding hydrogens is 250 g/mol. The zero-order valence-electron chi connectivity index (χ0n) is 10.2. The molecule has 1 fully saturated rings. The van der Waals surface area contributed by atoms with Gasteiger partial charge in [-0.15, -0.1) is 0 Å². The summed E-state index contributed by atoms with van der Waals surface area (Å²) in [6, 6.07) is 5.39. The fraction of sp³-hybridized carbons (Fsp3) is 0.462. The molecule has 0 saturated carbocycles. The molecule has 96 valence electrons. The van der Waals surface area contributed by atoms with E-state index in [1.807, 2.05) is 22.7 Å². The molecule has 0 aromatic heterocycles. The van der Waals surface area contributed by atoms with Gasteiger partial charge in [0, 0.05) is 23.9 Å². The van der Waals surface area contributed by atoms with Gasteiger partial charge in [-0.1, -0.05) is 0 Å². The number of rotatable bonds is 2. The molecule has 2 aliphatic heterocycles. The first kappa shape index (κ1) is 11.7. The topological polar surface area (TPSA) is 38.8 Å². The van der Waals surface area contributed by atoms with Crippen LogP contribution in [0, 0.1) is 0 Å². The summed E-state index contributed by atoms with van der Waals surface area (Å²) in [4.78, 5) is 14.2. The van der Waals surface area contributed by atoms with Crippen LogP contribution in [0.4, 0.5) is 0 Å². The van der Waals surface area contributed by atoms with E-state index < -0.39 is 0 Å². The van der Waals surface area contributed by atoms with Crippen LogP contribution in [-0.4, -0.2) is 42.2 Å². The zero-order valence-corrected chi connectivity index (χ0v) is 11.0. The van der Waals surface area contributed by atoms with Gasteiger partial charge < -0.3 is 14.4 Å². The number of thioether (sulfide) groups is 1. The molecule has 1 saturated heterocycles. The minimum Gasteiger partial charge on any atom is -0.454 e. The number of fused-ring (bicyclic) bond motifs is 1. The second kappa shape index (κ2) is 4.72. The quantitative estimate of drug-likeness (QED) is 0.820. The number of nitrogens with zero attached hydrogens (tertiary/aromatic N) is 1. The van der Waals surface area contributed by atoms with E-state index in [1.54, 1.807) is 12.1 Å². The van der Waals surface area contributed by atoms with Gasteiger partial charge in [-0.25, -0.2) is 0 Å². The van der Waals surface area contributed by atoms with Gasteiger partial charge in [0.15, 0.2) is 11.5 Å². The Labute approximate surface area is 110 Å². The third-order valence-electron chi connectivity index (χ3n) is 3.39. The highest BCUT2D eigenvalue weighted by molar-refractivity contribution is 7.99. The molecule has 3 rings (SSSR count). The second-order valence-corrected chi connectivity index (χ2v) is 5.60. The number of amides is 1. The van der Waals surface area contributed by atoms with E-state index in [-0.39, 0.29) is 12.7 Å². The number of carbonyl (C=O) groups is 1. The maximum atomic E-state index is 12.3. The lowest BCUT2D eigenvalue weighted by Crippen LogP contribution is -2.29. The van der Waals surface area contributed by atoms with Crippen LogP contribution in [0.5, 0.6) is 11.5 Å². The van der Waals surface area contributed by atoms with Gasteiger partial charge in [-0.05, 0) is 30.9 Å². The van der Waals surface area contributed by atoms with Crippen LogP contribution in [0.2, 0.25) is 0 Å². The van der Waals surface area contributed by atoms with E-state index in [1.165, 1.54) is 0 Å². The van der Waals surface area contributed by atoms with Crippen molar-refractivity contribution in [1.82, 2.24) is 4.90 Å². The van der Waals surface area contributed by atoms with E-state index in [0.29, 0.717) is 16.6 Å². The van der Waals surface area contributed by atoms with Crippen molar-refractivity contribution in [2.45, 2.75) is 11.7 Å². The smallest absolute Gasteiger partial charge is 0.254 e. The Morgan fingerprint density at radius 3 is 3.00 bits per heavy atom. The van der Waals surface area contributed by atoms with E-state index in [9.17, 15) is 4.79 Å². The van der Waals surface area contributed by atoms with Gasteiger partial charge in [0.2, 0.25) is 6.79 Å². The molecule has 1 amide bonds. The molecule has 0 radical (unpaired) electrons. The van der Waals surface area contributed by atoms with Gasteiger partial charge in [0.25, 0.3) is 5.91 Å². The molecule has 1 aromatic carbocycles. The predicted molar refractivity (Wildman–Crippen MR) is 70.4 cm³/mol. The molecule has 0 spiro atoms. The lowest BCUT2D eigenvalue weighted by molar-refractivity contribution is 0.0793. The summed E-state index contributed by atoms with van der Waals surface area (Å²) in [5, 5.41) is 0.572. The van der Waals surface area contributed by atoms with Crippen LogP contribution >= 0.6 is 11.8 Å². The number of ether oxygens (including phenoxy) is 2. The van der Waals surface area contributed by atoms with Crippen LogP contribution in [-0.2, 0) is 0 Å². The number of benzene rings is 1. The standard InChI is InChI=1S/C13H15NO3S/c1-18-10-4-5-14(7-10)13(15)9-2-3-11-12(6-9)17-8-16-11/h2-3,6,10H,4-5,7-8H2,1H3. The Morgan fingerprint density at radius 2 is 2.22 bits per heavy atom. The molecular formula is C13H15NO3S. The van der Waals surface area contributed by atoms with Gasteiger partial charge >= 0.3 is 0 Å². The molecule has 1 unspecified atom stereocenters. The Hall–Kier alpha value is -1.36. The molecule has 5 heteroatoms. The van der Waals surface area contributed by atoms with Crippen LogP contribution < -0.4 is 9.47 Å². The normalized spacial score (nSPS) is 21.4. The van der Waals surface area contributed by atoms with Gasteiger partial charge in [-0.3, -0.25) is 4.79 Å². The zero-order chi connectivity index (χ0) is 12.5. The highest BCUT2D eigenvalue weighted by Crippen LogP contribution is 2.33. The van der Waals surface area contributed by atoms with Crippen molar-refractivity contribution in [2.24, 2.45) is 0 Å². The summed E-state index contributed by atoms with van der Waals surface area (Å²) in [7, 11) is 0. The van der Waals surface area contributed by atoms with Crippen LogP contribution in [0.1, 0.15) is 16.8 Å². The van der Waals surface area contributed by atoms with Crippen molar-refractivity contribution >= 4 is 17.7 Å². The first-order chi connectivity index (χ1) is 8.78. The van der Waals surface area contributed by atoms with Gasteiger partial charge in [-0.2, -0.15) is 11.8 Å². The first-order valence-electron chi connectivity index (χ1n) is 5.99. The lowest BCUT2D eigenvalue weighted by Gasteiger charge is -2.16. The fourth-order valence-corrected chi connectivity index (χ4v) is 2.99. The molecule has 0 N–H and O–H groups in total. The van der Waals surface area contributed by atoms with Crippen LogP contribution in [0.3, 0.4) is 0 Å². The Kier molecular flexibility index (Phi) is 3.07. The van der Waals surface area contributed by atoms with Crippen molar-refractivity contribution < 1.29 is 14.3 Å². The second-order valence-electron chi connectivity index (χ2n) is 4.47. The summed E-state index contributed by atoms with van der Waals surface area (Å²) in [5.74, 6) is 1.47. The Bertz CT molecular complexity index is 477. The monoisotopic (exact) mass is 265 g/mol. The van der Waals surface area contributed by atoms with Gasteiger partial charge in [0.05, 0.1) is 0 Å².